The Morgan fingerprint density at radius 3 is 1.10 bits per heavy atom. The van der Waals surface area contributed by atoms with Crippen molar-refractivity contribution in [1.82, 2.24) is 0 Å². The Bertz CT molecular complexity index is 588. The normalized spacial score (nSPS) is 9.86. The Morgan fingerprint density at radius 2 is 0.810 bits per heavy atom. The molecule has 0 aliphatic heterocycles. The molecule has 0 saturated carbocycles. The summed E-state index contributed by atoms with van der Waals surface area (Å²) in [5, 5.41) is 0.590. The Balaban J connectivity index is 0.000000161. The van der Waals surface area contributed by atoms with Gasteiger partial charge < -0.3 is 9.79 Å². The molecule has 0 radical (unpaired) electrons. The van der Waals surface area contributed by atoms with E-state index in [-0.39, 0.29) is 0 Å². The Morgan fingerprint density at radius 1 is 0.476 bits per heavy atom. The van der Waals surface area contributed by atoms with Gasteiger partial charge in [-0.25, -0.2) is 0 Å². The largest absolute Gasteiger partial charge is 0.347 e. The van der Waals surface area contributed by atoms with Crippen molar-refractivity contribution in [3.8, 4) is 11.1 Å². The van der Waals surface area contributed by atoms with Gasteiger partial charge >= 0.3 is 0 Å². The predicted molar refractivity (Wildman–Crippen MR) is 89.3 cm³/mol. The minimum atomic E-state index is -1.90. The van der Waals surface area contributed by atoms with Crippen LogP contribution >= 0.6 is 8.38 Å². The Hall–Kier alpha value is -1.99. The first-order valence-corrected chi connectivity index (χ1v) is 7.85. The van der Waals surface area contributed by atoms with E-state index in [0.29, 0.717) is 5.30 Å². The van der Waals surface area contributed by atoms with Gasteiger partial charge in [0, 0.05) is 5.30 Å². The molecule has 0 saturated heterocycles. The number of rotatable bonds is 2. The van der Waals surface area contributed by atoms with Gasteiger partial charge in [-0.1, -0.05) is 78.9 Å². The Labute approximate surface area is 126 Å². The van der Waals surface area contributed by atoms with Gasteiger partial charge in [0.1, 0.15) is 0 Å². The molecule has 3 aromatic carbocycles. The number of hydrogen-bond acceptors (Lipinski definition) is 2. The molecule has 2 nitrogen and oxygen atoms in total. The van der Waals surface area contributed by atoms with E-state index in [0.717, 1.165) is 0 Å². The van der Waals surface area contributed by atoms with Gasteiger partial charge in [0.2, 0.25) is 0 Å². The van der Waals surface area contributed by atoms with Crippen LogP contribution in [-0.4, -0.2) is 9.79 Å². The molecule has 0 aliphatic rings. The summed E-state index contributed by atoms with van der Waals surface area (Å²) >= 11 is 0. The highest BCUT2D eigenvalue weighted by atomic mass is 31.2. The average molecular weight is 296 g/mol. The molecule has 0 aliphatic carbocycles. The van der Waals surface area contributed by atoms with Gasteiger partial charge in [0.05, 0.1) is 0 Å². The van der Waals surface area contributed by atoms with Crippen LogP contribution in [0.25, 0.3) is 11.1 Å². The summed E-state index contributed by atoms with van der Waals surface area (Å²) in [6, 6.07) is 29.5. The monoisotopic (exact) mass is 296 g/mol. The zero-order valence-electron chi connectivity index (χ0n) is 11.5. The van der Waals surface area contributed by atoms with Crippen molar-refractivity contribution in [2.24, 2.45) is 0 Å². The van der Waals surface area contributed by atoms with Gasteiger partial charge in [-0.2, -0.15) is 0 Å². The molecule has 0 bridgehead atoms. The second kappa shape index (κ2) is 8.33. The van der Waals surface area contributed by atoms with Crippen LogP contribution < -0.4 is 5.30 Å². The van der Waals surface area contributed by atoms with E-state index in [2.05, 4.69) is 48.5 Å². The van der Waals surface area contributed by atoms with Gasteiger partial charge in [-0.05, 0) is 23.3 Å². The molecule has 0 spiro atoms. The van der Waals surface area contributed by atoms with Crippen molar-refractivity contribution >= 4 is 13.7 Å². The highest BCUT2D eigenvalue weighted by Gasteiger charge is 1.98. The molecule has 3 heteroatoms. The molecule has 0 heterocycles. The van der Waals surface area contributed by atoms with Crippen LogP contribution in [0.15, 0.2) is 91.0 Å². The maximum absolute atomic E-state index is 8.64. The molecule has 0 amide bonds. The van der Waals surface area contributed by atoms with Crippen molar-refractivity contribution in [2.45, 2.75) is 0 Å². The van der Waals surface area contributed by atoms with E-state index in [1.807, 2.05) is 18.2 Å². The van der Waals surface area contributed by atoms with Crippen molar-refractivity contribution in [3.63, 3.8) is 0 Å². The average Bonchev–Trinajstić information content (AvgIpc) is 2.58. The smallest absolute Gasteiger partial charge is 0.199 e. The molecule has 0 aromatic heterocycles. The zero-order valence-corrected chi connectivity index (χ0v) is 12.4. The summed E-state index contributed by atoms with van der Waals surface area (Å²) in [6.45, 7) is 0. The van der Waals surface area contributed by atoms with Gasteiger partial charge in [-0.3, -0.25) is 0 Å². The molecular weight excluding hydrogens is 279 g/mol. The minimum absolute atomic E-state index is 0.590. The van der Waals surface area contributed by atoms with E-state index in [1.165, 1.54) is 11.1 Å². The third-order valence-corrected chi connectivity index (χ3v) is 3.63. The summed E-state index contributed by atoms with van der Waals surface area (Å²) in [7, 11) is -1.90. The first-order chi connectivity index (χ1) is 10.3. The van der Waals surface area contributed by atoms with E-state index in [4.69, 9.17) is 9.79 Å². The number of hydrogen-bond donors (Lipinski definition) is 2. The van der Waals surface area contributed by atoms with Crippen LogP contribution in [0.4, 0.5) is 0 Å². The second-order valence-corrected chi connectivity index (χ2v) is 5.45. The van der Waals surface area contributed by atoms with Crippen LogP contribution in [0.2, 0.25) is 0 Å². The highest BCUT2D eigenvalue weighted by Crippen LogP contribution is 2.20. The van der Waals surface area contributed by atoms with Crippen molar-refractivity contribution < 1.29 is 9.79 Å². The van der Waals surface area contributed by atoms with E-state index < -0.39 is 8.38 Å². The predicted octanol–water partition coefficient (Wildman–Crippen LogP) is 3.96. The van der Waals surface area contributed by atoms with Gasteiger partial charge in [0.25, 0.3) is 0 Å². The first-order valence-electron chi connectivity index (χ1n) is 6.61. The summed E-state index contributed by atoms with van der Waals surface area (Å²) in [4.78, 5) is 17.3. The lowest BCUT2D eigenvalue weighted by Crippen LogP contribution is -1.96. The van der Waals surface area contributed by atoms with Crippen LogP contribution in [0.3, 0.4) is 0 Å². The van der Waals surface area contributed by atoms with Gasteiger partial charge in [0.15, 0.2) is 8.38 Å². The SMILES string of the molecule is OP(O)c1ccccc1.c1ccc(-c2ccccc2)cc1. The lowest BCUT2D eigenvalue weighted by atomic mass is 10.1. The fourth-order valence-corrected chi connectivity index (χ4v) is 2.26. The molecule has 3 aromatic rings. The van der Waals surface area contributed by atoms with Crippen LogP contribution in [0.1, 0.15) is 0 Å². The number of benzene rings is 3. The van der Waals surface area contributed by atoms with E-state index in [9.17, 15) is 0 Å². The van der Waals surface area contributed by atoms with Crippen LogP contribution in [0, 0.1) is 0 Å². The van der Waals surface area contributed by atoms with E-state index in [1.54, 1.807) is 24.3 Å². The zero-order chi connectivity index (χ0) is 14.9. The van der Waals surface area contributed by atoms with Gasteiger partial charge in [-0.15, -0.1) is 0 Å². The molecule has 106 valence electrons. The van der Waals surface area contributed by atoms with Crippen molar-refractivity contribution in [2.75, 3.05) is 0 Å². The lowest BCUT2D eigenvalue weighted by Gasteiger charge is -1.98. The first kappa shape index (κ1) is 15.4. The third-order valence-electron chi connectivity index (χ3n) is 2.87. The fraction of sp³-hybridized carbons (Fsp3) is 0. The minimum Gasteiger partial charge on any atom is -0.347 e. The highest BCUT2D eigenvalue weighted by molar-refractivity contribution is 7.54. The quantitative estimate of drug-likeness (QED) is 0.703. The second-order valence-electron chi connectivity index (χ2n) is 4.36. The third kappa shape index (κ3) is 5.13. The van der Waals surface area contributed by atoms with Crippen molar-refractivity contribution in [1.29, 1.82) is 0 Å². The summed E-state index contributed by atoms with van der Waals surface area (Å²) < 4.78 is 0. The topological polar surface area (TPSA) is 40.5 Å². The summed E-state index contributed by atoms with van der Waals surface area (Å²) in [5.74, 6) is 0. The maximum atomic E-state index is 8.64. The maximum Gasteiger partial charge on any atom is 0.199 e. The van der Waals surface area contributed by atoms with Crippen LogP contribution in [0.5, 0.6) is 0 Å². The van der Waals surface area contributed by atoms with Crippen molar-refractivity contribution in [3.05, 3.63) is 91.0 Å². The standard InChI is InChI=1S/C12H10.C6H7O2P/c1-3-7-11(8-4-1)12-9-5-2-6-10-12;7-9(8)6-4-2-1-3-5-6/h1-10H;1-5,7-8H. The summed E-state index contributed by atoms with van der Waals surface area (Å²) in [6.07, 6.45) is 0. The molecule has 0 unspecified atom stereocenters. The molecular formula is C18H17O2P. The fourth-order valence-electron chi connectivity index (χ4n) is 1.82. The molecule has 2 N–H and O–H groups in total. The lowest BCUT2D eigenvalue weighted by molar-refractivity contribution is 0.497. The molecule has 0 atom stereocenters. The molecule has 0 fully saturated rings. The molecule has 3 rings (SSSR count). The summed E-state index contributed by atoms with van der Waals surface area (Å²) in [5.41, 5.74) is 2.55. The Kier molecular flexibility index (Phi) is 6.11. The van der Waals surface area contributed by atoms with E-state index >= 15 is 0 Å². The van der Waals surface area contributed by atoms with Crippen LogP contribution in [-0.2, 0) is 0 Å². The molecule has 21 heavy (non-hydrogen) atoms.